The molecule has 0 aliphatic carbocycles. The van der Waals surface area contributed by atoms with E-state index in [9.17, 15) is 18.0 Å². The molecule has 1 aromatic rings. The highest BCUT2D eigenvalue weighted by Gasteiger charge is 2.41. The van der Waals surface area contributed by atoms with E-state index in [1.54, 1.807) is 25.1 Å². The van der Waals surface area contributed by atoms with Crippen molar-refractivity contribution in [1.29, 1.82) is 0 Å². The van der Waals surface area contributed by atoms with E-state index in [4.69, 9.17) is 23.2 Å². The van der Waals surface area contributed by atoms with E-state index in [2.05, 4.69) is 10.4 Å². The van der Waals surface area contributed by atoms with Gasteiger partial charge in [0.15, 0.2) is 15.8 Å². The number of hydrogen-bond acceptors (Lipinski definition) is 5. The monoisotopic (exact) mass is 417 g/mol. The molecule has 0 bridgehead atoms. The lowest BCUT2D eigenvalue weighted by Crippen LogP contribution is -2.44. The van der Waals surface area contributed by atoms with Crippen molar-refractivity contribution >= 4 is 50.6 Å². The molecule has 2 aliphatic heterocycles. The molecule has 2 aliphatic rings. The number of nitrogens with one attached hydrogen (secondary N) is 1. The van der Waals surface area contributed by atoms with Gasteiger partial charge in [0.2, 0.25) is 5.91 Å². The number of hydrogen-bond donors (Lipinski definition) is 1. The topological polar surface area (TPSA) is 95.9 Å². The number of sulfone groups is 1. The molecular formula is C16H17Cl2N3O4S. The van der Waals surface area contributed by atoms with Crippen LogP contribution in [0.3, 0.4) is 0 Å². The van der Waals surface area contributed by atoms with Crippen molar-refractivity contribution in [3.8, 4) is 0 Å². The molecule has 0 aromatic heterocycles. The molecule has 0 radical (unpaired) electrons. The van der Waals surface area contributed by atoms with Gasteiger partial charge in [-0.25, -0.2) is 13.4 Å². The van der Waals surface area contributed by atoms with Gasteiger partial charge in [0.05, 0.1) is 23.8 Å². The minimum absolute atomic E-state index is 0.0424. The highest BCUT2D eigenvalue weighted by Crippen LogP contribution is 2.28. The Bertz CT molecular complexity index is 881. The highest BCUT2D eigenvalue weighted by atomic mass is 35.5. The lowest BCUT2D eigenvalue weighted by Gasteiger charge is -2.17. The van der Waals surface area contributed by atoms with Crippen molar-refractivity contribution in [3.05, 3.63) is 33.8 Å². The maximum Gasteiger partial charge on any atom is 0.261 e. The third-order valence-electron chi connectivity index (χ3n) is 4.41. The number of benzene rings is 1. The Labute approximate surface area is 161 Å². The summed E-state index contributed by atoms with van der Waals surface area (Å²) < 4.78 is 23.0. The summed E-state index contributed by atoms with van der Waals surface area (Å²) in [6.07, 6.45) is 0.351. The van der Waals surface area contributed by atoms with E-state index in [1.807, 2.05) is 0 Å². The van der Waals surface area contributed by atoms with E-state index >= 15 is 0 Å². The van der Waals surface area contributed by atoms with Gasteiger partial charge in [-0.3, -0.25) is 9.59 Å². The van der Waals surface area contributed by atoms with Crippen LogP contribution in [0.1, 0.15) is 18.9 Å². The molecule has 0 spiro atoms. The second-order valence-corrected chi connectivity index (χ2v) is 9.42. The van der Waals surface area contributed by atoms with Gasteiger partial charge in [-0.05, 0) is 25.5 Å². The zero-order valence-corrected chi connectivity index (χ0v) is 16.2. The van der Waals surface area contributed by atoms with Crippen molar-refractivity contribution in [2.24, 2.45) is 11.0 Å². The molecule has 3 rings (SSSR count). The lowest BCUT2D eigenvalue weighted by atomic mass is 10.0. The van der Waals surface area contributed by atoms with Crippen molar-refractivity contribution in [2.45, 2.75) is 25.9 Å². The average Bonchev–Trinajstić information content (AvgIpc) is 3.02. The molecule has 1 aromatic carbocycles. The van der Waals surface area contributed by atoms with Gasteiger partial charge < -0.3 is 5.32 Å². The largest absolute Gasteiger partial charge is 0.351 e. The van der Waals surface area contributed by atoms with E-state index < -0.39 is 33.6 Å². The van der Waals surface area contributed by atoms with Crippen LogP contribution >= 0.6 is 23.2 Å². The Morgan fingerprint density at radius 2 is 2.00 bits per heavy atom. The first-order valence-corrected chi connectivity index (χ1v) is 10.6. The Balaban J connectivity index is 1.71. The molecule has 2 atom stereocenters. The summed E-state index contributed by atoms with van der Waals surface area (Å²) in [5.41, 5.74) is 0.889. The summed E-state index contributed by atoms with van der Waals surface area (Å²) in [5.74, 6) is -2.15. The third kappa shape index (κ3) is 3.87. The van der Waals surface area contributed by atoms with Gasteiger partial charge in [-0.2, -0.15) is 5.10 Å². The zero-order chi connectivity index (χ0) is 19.1. The second kappa shape index (κ2) is 7.17. The minimum atomic E-state index is -3.12. The predicted molar refractivity (Wildman–Crippen MR) is 98.8 cm³/mol. The molecule has 2 heterocycles. The molecular weight excluding hydrogens is 401 g/mol. The van der Waals surface area contributed by atoms with Crippen LogP contribution in [0.5, 0.6) is 0 Å². The van der Waals surface area contributed by atoms with Crippen LogP contribution < -0.4 is 5.32 Å². The second-order valence-electron chi connectivity index (χ2n) is 6.38. The van der Waals surface area contributed by atoms with Crippen molar-refractivity contribution < 1.29 is 18.0 Å². The Hall–Kier alpha value is -1.64. The highest BCUT2D eigenvalue weighted by molar-refractivity contribution is 7.91. The molecule has 1 N–H and O–H groups in total. The van der Waals surface area contributed by atoms with Crippen LogP contribution in [-0.4, -0.2) is 48.5 Å². The fourth-order valence-corrected chi connectivity index (χ4v) is 5.26. The van der Waals surface area contributed by atoms with Gasteiger partial charge >= 0.3 is 0 Å². The van der Waals surface area contributed by atoms with Crippen LogP contribution in [-0.2, 0) is 26.0 Å². The SMILES string of the molecule is CC1=NN(Cc2c(Cl)cccc2Cl)C(=O)[C@@H]1C(=O)N[C@@H]1CCS(=O)(=O)C1. The van der Waals surface area contributed by atoms with Crippen molar-refractivity contribution in [3.63, 3.8) is 0 Å². The van der Waals surface area contributed by atoms with Gasteiger partial charge in [-0.1, -0.05) is 29.3 Å². The van der Waals surface area contributed by atoms with E-state index in [1.165, 1.54) is 0 Å². The number of hydrazone groups is 1. The molecule has 7 nitrogen and oxygen atoms in total. The molecule has 10 heteroatoms. The summed E-state index contributed by atoms with van der Waals surface area (Å²) in [6.45, 7) is 1.64. The lowest BCUT2D eigenvalue weighted by molar-refractivity contribution is -0.138. The maximum atomic E-state index is 12.6. The fraction of sp³-hybridized carbons (Fsp3) is 0.438. The van der Waals surface area contributed by atoms with Crippen LogP contribution in [0.2, 0.25) is 10.0 Å². The van der Waals surface area contributed by atoms with Gasteiger partial charge in [-0.15, -0.1) is 0 Å². The Morgan fingerprint density at radius 3 is 2.58 bits per heavy atom. The van der Waals surface area contributed by atoms with Gasteiger partial charge in [0, 0.05) is 21.7 Å². The maximum absolute atomic E-state index is 12.6. The van der Waals surface area contributed by atoms with E-state index in [-0.39, 0.29) is 18.1 Å². The molecule has 0 unspecified atom stereocenters. The normalized spacial score (nSPS) is 24.7. The number of halogens is 2. The minimum Gasteiger partial charge on any atom is -0.351 e. The standard InChI is InChI=1S/C16H17Cl2N3O4S/c1-9-14(15(22)19-10-5-6-26(24,25)8-10)16(23)21(20-9)7-11-12(17)3-2-4-13(11)18/h2-4,10,14H,5-8H2,1H3,(H,19,22)/t10-,14+/m1/s1. The number of amides is 2. The number of rotatable bonds is 4. The Kier molecular flexibility index (Phi) is 5.28. The van der Waals surface area contributed by atoms with Crippen molar-refractivity contribution in [2.75, 3.05) is 11.5 Å². The van der Waals surface area contributed by atoms with Crippen molar-refractivity contribution in [1.82, 2.24) is 10.3 Å². The van der Waals surface area contributed by atoms with Crippen LogP contribution in [0.25, 0.3) is 0 Å². The van der Waals surface area contributed by atoms with Gasteiger partial charge in [0.25, 0.3) is 5.91 Å². The third-order valence-corrected chi connectivity index (χ3v) is 6.88. The first-order valence-electron chi connectivity index (χ1n) is 7.98. The van der Waals surface area contributed by atoms with E-state index in [0.29, 0.717) is 27.7 Å². The molecule has 1 saturated heterocycles. The average molecular weight is 418 g/mol. The first-order chi connectivity index (χ1) is 12.2. The van der Waals surface area contributed by atoms with Crippen LogP contribution in [0, 0.1) is 5.92 Å². The fourth-order valence-electron chi connectivity index (χ4n) is 3.07. The zero-order valence-electron chi connectivity index (χ0n) is 13.9. The smallest absolute Gasteiger partial charge is 0.261 e. The summed E-state index contributed by atoms with van der Waals surface area (Å²) >= 11 is 12.2. The van der Waals surface area contributed by atoms with Gasteiger partial charge in [0.1, 0.15) is 0 Å². The van der Waals surface area contributed by atoms with E-state index in [0.717, 1.165) is 5.01 Å². The molecule has 0 saturated carbocycles. The Morgan fingerprint density at radius 1 is 1.35 bits per heavy atom. The first kappa shape index (κ1) is 19.1. The quantitative estimate of drug-likeness (QED) is 0.752. The summed E-state index contributed by atoms with van der Waals surface area (Å²) in [5, 5.41) is 8.78. The molecule has 2 amide bonds. The summed E-state index contributed by atoms with van der Waals surface area (Å²) in [4.78, 5) is 25.1. The summed E-state index contributed by atoms with van der Waals surface area (Å²) in [7, 11) is -3.12. The predicted octanol–water partition coefficient (Wildman–Crippen LogP) is 1.63. The number of nitrogens with zero attached hydrogens (tertiary/aromatic N) is 2. The summed E-state index contributed by atoms with van der Waals surface area (Å²) in [6, 6.07) is 4.54. The van der Waals surface area contributed by atoms with Crippen LogP contribution in [0.15, 0.2) is 23.3 Å². The van der Waals surface area contributed by atoms with Crippen LogP contribution in [0.4, 0.5) is 0 Å². The number of carbonyl (C=O) groups excluding carboxylic acids is 2. The molecule has 140 valence electrons. The molecule has 1 fully saturated rings. The number of carbonyl (C=O) groups is 2. The molecule has 26 heavy (non-hydrogen) atoms.